The molecule has 8 heteroatoms. The molecular weight excluding hydrogens is 277 g/mol. The minimum atomic E-state index is -4.75. The molecule has 5 nitrogen and oxygen atoms in total. The maximum Gasteiger partial charge on any atom is 0.416 e. The Bertz CT molecular complexity index is 341. The topological polar surface area (TPSA) is 78.4 Å². The van der Waals surface area contributed by atoms with Crippen molar-refractivity contribution in [3.8, 4) is 0 Å². The fourth-order valence-corrected chi connectivity index (χ4v) is 2.05. The van der Waals surface area contributed by atoms with Gasteiger partial charge in [0.15, 0.2) is 6.10 Å². The van der Waals surface area contributed by atoms with Crippen molar-refractivity contribution in [2.24, 2.45) is 5.92 Å². The fraction of sp³-hybridized carbons (Fsp3) is 0.833. The van der Waals surface area contributed by atoms with E-state index in [1.807, 2.05) is 5.32 Å². The summed E-state index contributed by atoms with van der Waals surface area (Å²) in [4.78, 5) is 22.8. The van der Waals surface area contributed by atoms with Crippen molar-refractivity contribution in [2.75, 3.05) is 13.1 Å². The van der Waals surface area contributed by atoms with Crippen LogP contribution in [0, 0.1) is 5.92 Å². The molecule has 0 bridgehead atoms. The van der Waals surface area contributed by atoms with E-state index in [9.17, 15) is 22.8 Å². The molecule has 0 saturated heterocycles. The minimum absolute atomic E-state index is 0.00915. The van der Waals surface area contributed by atoms with E-state index in [0.717, 1.165) is 25.7 Å². The average molecular weight is 296 g/mol. The highest BCUT2D eigenvalue weighted by Crippen LogP contribution is 2.24. The van der Waals surface area contributed by atoms with Crippen LogP contribution in [-0.4, -0.2) is 42.3 Å². The molecule has 1 saturated carbocycles. The molecule has 116 valence electrons. The number of rotatable bonds is 6. The molecule has 0 aliphatic heterocycles. The van der Waals surface area contributed by atoms with Crippen LogP contribution in [0.2, 0.25) is 0 Å². The number of alkyl halides is 3. The van der Waals surface area contributed by atoms with Crippen LogP contribution < -0.4 is 10.6 Å². The normalized spacial score (nSPS) is 17.8. The Kier molecular flexibility index (Phi) is 6.25. The van der Waals surface area contributed by atoms with E-state index in [1.165, 1.54) is 0 Å². The van der Waals surface area contributed by atoms with Crippen LogP contribution in [0.1, 0.15) is 32.1 Å². The van der Waals surface area contributed by atoms with Crippen LogP contribution in [0.4, 0.5) is 13.2 Å². The summed E-state index contributed by atoms with van der Waals surface area (Å²) >= 11 is 0. The minimum Gasteiger partial charge on any atom is -0.382 e. The zero-order chi connectivity index (χ0) is 15.2. The van der Waals surface area contributed by atoms with Crippen molar-refractivity contribution < 1.29 is 27.9 Å². The Morgan fingerprint density at radius 2 is 1.80 bits per heavy atom. The molecule has 0 radical (unpaired) electrons. The molecule has 2 amide bonds. The second kappa shape index (κ2) is 7.47. The number of aliphatic hydroxyl groups is 1. The quantitative estimate of drug-likeness (QED) is 0.676. The number of amides is 2. The first-order valence-corrected chi connectivity index (χ1v) is 6.60. The molecule has 1 aliphatic carbocycles. The van der Waals surface area contributed by atoms with Crippen molar-refractivity contribution >= 4 is 11.8 Å². The molecule has 1 fully saturated rings. The number of hydrogen-bond acceptors (Lipinski definition) is 3. The summed E-state index contributed by atoms with van der Waals surface area (Å²) in [5.41, 5.74) is 0. The van der Waals surface area contributed by atoms with E-state index in [4.69, 9.17) is 5.11 Å². The molecule has 1 aliphatic rings. The van der Waals surface area contributed by atoms with Crippen molar-refractivity contribution in [3.05, 3.63) is 0 Å². The number of hydrogen-bond donors (Lipinski definition) is 3. The van der Waals surface area contributed by atoms with Gasteiger partial charge in [0.05, 0.1) is 6.54 Å². The Morgan fingerprint density at radius 3 is 2.35 bits per heavy atom. The highest BCUT2D eigenvalue weighted by molar-refractivity contribution is 5.80. The van der Waals surface area contributed by atoms with Crippen molar-refractivity contribution in [2.45, 2.75) is 44.4 Å². The fourth-order valence-electron chi connectivity index (χ4n) is 2.05. The number of carbonyl (C=O) groups is 2. The van der Waals surface area contributed by atoms with Gasteiger partial charge in [-0.05, 0) is 12.8 Å². The van der Waals surface area contributed by atoms with Gasteiger partial charge in [-0.15, -0.1) is 0 Å². The van der Waals surface area contributed by atoms with Crippen molar-refractivity contribution in [3.63, 3.8) is 0 Å². The molecule has 0 spiro atoms. The Labute approximate surface area is 114 Å². The van der Waals surface area contributed by atoms with Gasteiger partial charge in [-0.2, -0.15) is 13.2 Å². The lowest BCUT2D eigenvalue weighted by Crippen LogP contribution is -2.41. The molecule has 1 rings (SSSR count). The van der Waals surface area contributed by atoms with Gasteiger partial charge in [0, 0.05) is 18.9 Å². The summed E-state index contributed by atoms with van der Waals surface area (Å²) in [6.45, 7) is -0.789. The summed E-state index contributed by atoms with van der Waals surface area (Å²) in [5.74, 6) is -0.754. The molecule has 1 atom stereocenters. The lowest BCUT2D eigenvalue weighted by molar-refractivity contribution is -0.201. The third-order valence-electron chi connectivity index (χ3n) is 3.25. The van der Waals surface area contributed by atoms with Gasteiger partial charge < -0.3 is 15.7 Å². The van der Waals surface area contributed by atoms with Crippen LogP contribution in [0.25, 0.3) is 0 Å². The Balaban J connectivity index is 2.12. The molecule has 1 unspecified atom stereocenters. The van der Waals surface area contributed by atoms with Crippen LogP contribution >= 0.6 is 0 Å². The van der Waals surface area contributed by atoms with E-state index < -0.39 is 24.7 Å². The van der Waals surface area contributed by atoms with Gasteiger partial charge in [0.2, 0.25) is 11.8 Å². The standard InChI is InChI=1S/C12H19F3N2O3/c13-12(14,15)9(18)7-17-10(19)5-6-16-11(20)8-3-1-2-4-8/h8-9,18H,1-7H2,(H,16,20)(H,17,19). The predicted molar refractivity (Wildman–Crippen MR) is 64.7 cm³/mol. The molecule has 0 aromatic rings. The summed E-state index contributed by atoms with van der Waals surface area (Å²) in [7, 11) is 0. The first-order chi connectivity index (χ1) is 9.30. The number of carbonyl (C=O) groups excluding carboxylic acids is 2. The van der Waals surface area contributed by atoms with Gasteiger partial charge in [0.1, 0.15) is 0 Å². The largest absolute Gasteiger partial charge is 0.416 e. The number of aliphatic hydroxyl groups excluding tert-OH is 1. The summed E-state index contributed by atoms with van der Waals surface area (Å²) in [5, 5.41) is 13.2. The third-order valence-corrected chi connectivity index (χ3v) is 3.25. The zero-order valence-corrected chi connectivity index (χ0v) is 11.0. The summed E-state index contributed by atoms with van der Waals surface area (Å²) in [6.07, 6.45) is -3.69. The van der Waals surface area contributed by atoms with Crippen LogP contribution in [-0.2, 0) is 9.59 Å². The van der Waals surface area contributed by atoms with E-state index in [1.54, 1.807) is 0 Å². The third kappa shape index (κ3) is 5.77. The second-order valence-corrected chi connectivity index (χ2v) is 4.88. The first kappa shape index (κ1) is 16.7. The maximum atomic E-state index is 12.0. The lowest BCUT2D eigenvalue weighted by Gasteiger charge is -2.15. The van der Waals surface area contributed by atoms with E-state index >= 15 is 0 Å². The average Bonchev–Trinajstić information content (AvgIpc) is 2.88. The monoisotopic (exact) mass is 296 g/mol. The summed E-state index contributed by atoms with van der Waals surface area (Å²) < 4.78 is 35.9. The Hall–Kier alpha value is -1.31. The highest BCUT2D eigenvalue weighted by atomic mass is 19.4. The van der Waals surface area contributed by atoms with E-state index in [-0.39, 0.29) is 24.8 Å². The van der Waals surface area contributed by atoms with Gasteiger partial charge >= 0.3 is 6.18 Å². The van der Waals surface area contributed by atoms with Crippen LogP contribution in [0.15, 0.2) is 0 Å². The highest BCUT2D eigenvalue weighted by Gasteiger charge is 2.38. The molecule has 20 heavy (non-hydrogen) atoms. The van der Waals surface area contributed by atoms with Crippen LogP contribution in [0.3, 0.4) is 0 Å². The second-order valence-electron chi connectivity index (χ2n) is 4.88. The zero-order valence-electron chi connectivity index (χ0n) is 11.0. The molecule has 3 N–H and O–H groups in total. The van der Waals surface area contributed by atoms with Gasteiger partial charge in [-0.1, -0.05) is 12.8 Å². The van der Waals surface area contributed by atoms with E-state index in [2.05, 4.69) is 5.32 Å². The van der Waals surface area contributed by atoms with Crippen LogP contribution in [0.5, 0.6) is 0 Å². The van der Waals surface area contributed by atoms with E-state index in [0.29, 0.717) is 0 Å². The lowest BCUT2D eigenvalue weighted by atomic mass is 10.1. The van der Waals surface area contributed by atoms with Crippen molar-refractivity contribution in [1.82, 2.24) is 10.6 Å². The SMILES string of the molecule is O=C(CCNC(=O)C1CCCC1)NCC(O)C(F)(F)F. The number of nitrogens with one attached hydrogen (secondary N) is 2. The van der Waals surface area contributed by atoms with Crippen molar-refractivity contribution in [1.29, 1.82) is 0 Å². The predicted octanol–water partition coefficient (Wildman–Crippen LogP) is 0.722. The molecular formula is C12H19F3N2O3. The first-order valence-electron chi connectivity index (χ1n) is 6.60. The van der Waals surface area contributed by atoms with Gasteiger partial charge in [0.25, 0.3) is 0 Å². The molecule has 0 heterocycles. The van der Waals surface area contributed by atoms with Gasteiger partial charge in [-0.3, -0.25) is 9.59 Å². The maximum absolute atomic E-state index is 12.0. The molecule has 0 aromatic carbocycles. The number of halogens is 3. The Morgan fingerprint density at radius 1 is 1.20 bits per heavy atom. The molecule has 0 aromatic heterocycles. The summed E-state index contributed by atoms with van der Waals surface area (Å²) in [6, 6.07) is 0. The van der Waals surface area contributed by atoms with Gasteiger partial charge in [-0.25, -0.2) is 0 Å². The smallest absolute Gasteiger partial charge is 0.382 e.